The standard InChI is InChI=1S/C6H13N3O2/c1-9-2-3-11-4-5(9)6(7)8-10/h5,10H,2-4H2,1H3,(H2,7,8). The Labute approximate surface area is 65.4 Å². The first-order valence-corrected chi connectivity index (χ1v) is 3.51. The Morgan fingerprint density at radius 1 is 1.82 bits per heavy atom. The van der Waals surface area contributed by atoms with Crippen LogP contribution in [0, 0.1) is 0 Å². The number of hydrogen-bond acceptors (Lipinski definition) is 4. The zero-order chi connectivity index (χ0) is 8.27. The molecular weight excluding hydrogens is 146 g/mol. The Hall–Kier alpha value is -0.810. The minimum absolute atomic E-state index is 0.0752. The summed E-state index contributed by atoms with van der Waals surface area (Å²) in [5, 5.41) is 11.3. The molecule has 0 bridgehead atoms. The average Bonchev–Trinajstić information content (AvgIpc) is 2.04. The summed E-state index contributed by atoms with van der Waals surface area (Å²) in [4.78, 5) is 2.00. The van der Waals surface area contributed by atoms with Crippen molar-refractivity contribution in [2.24, 2.45) is 10.9 Å². The van der Waals surface area contributed by atoms with E-state index in [0.717, 1.165) is 6.54 Å². The van der Waals surface area contributed by atoms with Gasteiger partial charge in [-0.2, -0.15) is 0 Å². The van der Waals surface area contributed by atoms with Crippen molar-refractivity contribution in [3.8, 4) is 0 Å². The summed E-state index contributed by atoms with van der Waals surface area (Å²) >= 11 is 0. The van der Waals surface area contributed by atoms with Crippen LogP contribution < -0.4 is 5.73 Å². The summed E-state index contributed by atoms with van der Waals surface area (Å²) in [6, 6.07) is -0.0752. The fraction of sp³-hybridized carbons (Fsp3) is 0.833. The van der Waals surface area contributed by atoms with E-state index in [1.165, 1.54) is 0 Å². The van der Waals surface area contributed by atoms with Gasteiger partial charge in [0, 0.05) is 6.54 Å². The van der Waals surface area contributed by atoms with Crippen molar-refractivity contribution in [2.45, 2.75) is 6.04 Å². The molecule has 1 rings (SSSR count). The van der Waals surface area contributed by atoms with Crippen LogP contribution >= 0.6 is 0 Å². The van der Waals surface area contributed by atoms with Gasteiger partial charge in [0.15, 0.2) is 5.84 Å². The number of nitrogens with zero attached hydrogens (tertiary/aromatic N) is 2. The highest BCUT2D eigenvalue weighted by atomic mass is 16.5. The number of morpholine rings is 1. The highest BCUT2D eigenvalue weighted by Gasteiger charge is 2.22. The normalized spacial score (nSPS) is 28.8. The molecule has 5 nitrogen and oxygen atoms in total. The molecule has 0 saturated carbocycles. The number of ether oxygens (including phenoxy) is 1. The first kappa shape index (κ1) is 8.29. The van der Waals surface area contributed by atoms with Crippen molar-refractivity contribution < 1.29 is 9.94 Å². The summed E-state index contributed by atoms with van der Waals surface area (Å²) in [6.45, 7) is 2.04. The maximum Gasteiger partial charge on any atom is 0.158 e. The van der Waals surface area contributed by atoms with Crippen molar-refractivity contribution in [1.29, 1.82) is 0 Å². The molecule has 1 aliphatic heterocycles. The van der Waals surface area contributed by atoms with Crippen LogP contribution in [-0.4, -0.2) is 48.8 Å². The fourth-order valence-electron chi connectivity index (χ4n) is 1.06. The zero-order valence-electron chi connectivity index (χ0n) is 6.53. The second-order valence-corrected chi connectivity index (χ2v) is 2.60. The van der Waals surface area contributed by atoms with Crippen LogP contribution in [0.1, 0.15) is 0 Å². The van der Waals surface area contributed by atoms with Crippen LogP contribution in [0.25, 0.3) is 0 Å². The largest absolute Gasteiger partial charge is 0.409 e. The number of amidine groups is 1. The van der Waals surface area contributed by atoms with Crippen LogP contribution in [0.2, 0.25) is 0 Å². The molecule has 1 aliphatic rings. The zero-order valence-corrected chi connectivity index (χ0v) is 6.53. The Kier molecular flexibility index (Phi) is 2.67. The minimum Gasteiger partial charge on any atom is -0.409 e. The summed E-state index contributed by atoms with van der Waals surface area (Å²) in [6.07, 6.45) is 0. The van der Waals surface area contributed by atoms with Crippen LogP contribution in [0.4, 0.5) is 0 Å². The van der Waals surface area contributed by atoms with Gasteiger partial charge in [0.25, 0.3) is 0 Å². The predicted molar refractivity (Wildman–Crippen MR) is 40.6 cm³/mol. The Morgan fingerprint density at radius 2 is 2.55 bits per heavy atom. The van der Waals surface area contributed by atoms with E-state index >= 15 is 0 Å². The van der Waals surface area contributed by atoms with Crippen molar-refractivity contribution in [2.75, 3.05) is 26.8 Å². The number of hydrogen-bond donors (Lipinski definition) is 2. The molecule has 1 saturated heterocycles. The first-order valence-electron chi connectivity index (χ1n) is 3.51. The molecular formula is C6H13N3O2. The highest BCUT2D eigenvalue weighted by molar-refractivity contribution is 5.85. The van der Waals surface area contributed by atoms with Crippen LogP contribution in [0.15, 0.2) is 5.16 Å². The number of oxime groups is 1. The van der Waals surface area contributed by atoms with E-state index in [4.69, 9.17) is 15.7 Å². The molecule has 0 aromatic carbocycles. The Balaban J connectivity index is 2.54. The molecule has 0 aromatic rings. The molecule has 0 radical (unpaired) electrons. The third-order valence-corrected chi connectivity index (χ3v) is 1.85. The van der Waals surface area contributed by atoms with E-state index in [1.54, 1.807) is 0 Å². The second kappa shape index (κ2) is 3.54. The maximum absolute atomic E-state index is 8.39. The topological polar surface area (TPSA) is 71.1 Å². The predicted octanol–water partition coefficient (Wildman–Crippen LogP) is -0.937. The molecule has 5 heteroatoms. The van der Waals surface area contributed by atoms with Gasteiger partial charge in [-0.1, -0.05) is 5.16 Å². The van der Waals surface area contributed by atoms with E-state index < -0.39 is 0 Å². The molecule has 1 fully saturated rings. The lowest BCUT2D eigenvalue weighted by atomic mass is 10.2. The Morgan fingerprint density at radius 3 is 3.09 bits per heavy atom. The molecule has 1 unspecified atom stereocenters. The summed E-state index contributed by atoms with van der Waals surface area (Å²) in [5.74, 6) is 0.215. The number of likely N-dealkylation sites (N-methyl/N-ethyl adjacent to an activating group) is 1. The third kappa shape index (κ3) is 1.81. The van der Waals surface area contributed by atoms with Crippen molar-refractivity contribution in [1.82, 2.24) is 4.90 Å². The lowest BCUT2D eigenvalue weighted by Crippen LogP contribution is -2.50. The van der Waals surface area contributed by atoms with E-state index in [0.29, 0.717) is 13.2 Å². The lowest BCUT2D eigenvalue weighted by molar-refractivity contribution is 0.0287. The monoisotopic (exact) mass is 159 g/mol. The van der Waals surface area contributed by atoms with Gasteiger partial charge in [-0.15, -0.1) is 0 Å². The van der Waals surface area contributed by atoms with Crippen molar-refractivity contribution >= 4 is 5.84 Å². The fourth-order valence-corrected chi connectivity index (χ4v) is 1.06. The smallest absolute Gasteiger partial charge is 0.158 e. The average molecular weight is 159 g/mol. The van der Waals surface area contributed by atoms with E-state index in [2.05, 4.69) is 5.16 Å². The second-order valence-electron chi connectivity index (χ2n) is 2.60. The van der Waals surface area contributed by atoms with Gasteiger partial charge in [0.1, 0.15) is 0 Å². The molecule has 0 aromatic heterocycles. The SMILES string of the molecule is CN1CCOCC1/C(N)=N/O. The van der Waals surface area contributed by atoms with Crippen LogP contribution in [-0.2, 0) is 4.74 Å². The van der Waals surface area contributed by atoms with Crippen molar-refractivity contribution in [3.05, 3.63) is 0 Å². The summed E-state index contributed by atoms with van der Waals surface area (Å²) in [7, 11) is 1.92. The molecule has 0 amide bonds. The Bertz CT molecular complexity index is 160. The van der Waals surface area contributed by atoms with E-state index in [-0.39, 0.29) is 11.9 Å². The molecule has 0 aliphatic carbocycles. The van der Waals surface area contributed by atoms with E-state index in [1.807, 2.05) is 11.9 Å². The minimum atomic E-state index is -0.0752. The molecule has 64 valence electrons. The van der Waals surface area contributed by atoms with Crippen LogP contribution in [0.5, 0.6) is 0 Å². The van der Waals surface area contributed by atoms with Crippen LogP contribution in [0.3, 0.4) is 0 Å². The number of rotatable bonds is 1. The van der Waals surface area contributed by atoms with E-state index in [9.17, 15) is 0 Å². The van der Waals surface area contributed by atoms with Gasteiger partial charge in [-0.05, 0) is 7.05 Å². The molecule has 0 spiro atoms. The third-order valence-electron chi connectivity index (χ3n) is 1.85. The van der Waals surface area contributed by atoms with Gasteiger partial charge in [0.05, 0.1) is 19.3 Å². The quantitative estimate of drug-likeness (QED) is 0.224. The molecule has 3 N–H and O–H groups in total. The molecule has 1 heterocycles. The molecule has 11 heavy (non-hydrogen) atoms. The summed E-state index contributed by atoms with van der Waals surface area (Å²) in [5.41, 5.74) is 5.42. The highest BCUT2D eigenvalue weighted by Crippen LogP contribution is 2.03. The first-order chi connectivity index (χ1) is 5.25. The maximum atomic E-state index is 8.39. The van der Waals surface area contributed by atoms with Gasteiger partial charge < -0.3 is 15.7 Å². The van der Waals surface area contributed by atoms with Gasteiger partial charge in [-0.3, -0.25) is 4.90 Å². The van der Waals surface area contributed by atoms with Gasteiger partial charge in [-0.25, -0.2) is 0 Å². The summed E-state index contributed by atoms with van der Waals surface area (Å²) < 4.78 is 5.16. The number of nitrogens with two attached hydrogens (primary N) is 1. The van der Waals surface area contributed by atoms with Crippen molar-refractivity contribution in [3.63, 3.8) is 0 Å². The lowest BCUT2D eigenvalue weighted by Gasteiger charge is -2.30. The van der Waals surface area contributed by atoms with Gasteiger partial charge >= 0.3 is 0 Å². The molecule has 1 atom stereocenters. The van der Waals surface area contributed by atoms with Gasteiger partial charge in [0.2, 0.25) is 0 Å².